The lowest BCUT2D eigenvalue weighted by Crippen LogP contribution is -2.15. The zero-order valence-corrected chi connectivity index (χ0v) is 20.8. The van der Waals surface area contributed by atoms with E-state index in [1.165, 1.54) is 12.1 Å². The van der Waals surface area contributed by atoms with Gasteiger partial charge in [-0.1, -0.05) is 59.8 Å². The fraction of sp³-hybridized carbons (Fsp3) is 0.0333. The number of carbonyl (C=O) groups is 2. The first-order valence-electron chi connectivity index (χ1n) is 12.3. The molecule has 0 bridgehead atoms. The highest BCUT2D eigenvalue weighted by atomic mass is 16.5. The molecule has 4 aromatic carbocycles. The maximum atomic E-state index is 13.2. The van der Waals surface area contributed by atoms with Crippen molar-refractivity contribution < 1.29 is 14.1 Å². The van der Waals surface area contributed by atoms with E-state index < -0.39 is 11.7 Å². The van der Waals surface area contributed by atoms with Crippen molar-refractivity contribution in [2.24, 2.45) is 0 Å². The fourth-order valence-electron chi connectivity index (χ4n) is 4.57. The van der Waals surface area contributed by atoms with Gasteiger partial charge in [-0.3, -0.25) is 19.1 Å². The molecule has 0 radical (unpaired) electrons. The average molecular weight is 529 g/mol. The van der Waals surface area contributed by atoms with Crippen molar-refractivity contribution in [1.82, 2.24) is 15.1 Å². The molecule has 40 heavy (non-hydrogen) atoms. The number of rotatable bonds is 6. The third kappa shape index (κ3) is 4.82. The number of aromatic nitrogens is 3. The molecule has 0 atom stereocenters. The summed E-state index contributed by atoms with van der Waals surface area (Å²) in [7, 11) is 0. The van der Waals surface area contributed by atoms with Crippen LogP contribution in [0.4, 0.5) is 11.4 Å². The largest absolute Gasteiger partial charge is 0.439 e. The van der Waals surface area contributed by atoms with Crippen LogP contribution in [-0.2, 0) is 11.2 Å². The van der Waals surface area contributed by atoms with Crippen molar-refractivity contribution in [2.45, 2.75) is 6.42 Å². The van der Waals surface area contributed by atoms with E-state index >= 15 is 0 Å². The van der Waals surface area contributed by atoms with Gasteiger partial charge >= 0.3 is 5.76 Å². The lowest BCUT2D eigenvalue weighted by atomic mass is 10.0. The molecule has 10 nitrogen and oxygen atoms in total. The quantitative estimate of drug-likeness (QED) is 0.239. The van der Waals surface area contributed by atoms with E-state index in [1.807, 2.05) is 54.6 Å². The minimum Gasteiger partial charge on any atom is -0.349 e. The number of carbonyl (C=O) groups excluding carboxylic acids is 2. The number of nitrogens with one attached hydrogen (secondary N) is 4. The highest BCUT2D eigenvalue weighted by molar-refractivity contribution is 6.10. The van der Waals surface area contributed by atoms with Gasteiger partial charge in [-0.05, 0) is 46.7 Å². The van der Waals surface area contributed by atoms with E-state index in [-0.39, 0.29) is 23.8 Å². The maximum Gasteiger partial charge on any atom is 0.439 e. The minimum absolute atomic E-state index is 0.0745. The van der Waals surface area contributed by atoms with Gasteiger partial charge in [0.1, 0.15) is 5.69 Å². The van der Waals surface area contributed by atoms with Gasteiger partial charge in [-0.15, -0.1) is 0 Å². The fourth-order valence-corrected chi connectivity index (χ4v) is 4.57. The number of benzene rings is 4. The van der Waals surface area contributed by atoms with Crippen LogP contribution in [0.25, 0.3) is 33.1 Å². The van der Waals surface area contributed by atoms with Crippen molar-refractivity contribution in [3.05, 3.63) is 112 Å². The van der Waals surface area contributed by atoms with Crippen LogP contribution in [0.5, 0.6) is 0 Å². The molecule has 10 heteroatoms. The number of hydrogen-bond acceptors (Lipinski definition) is 6. The smallest absolute Gasteiger partial charge is 0.349 e. The molecule has 0 aliphatic carbocycles. The summed E-state index contributed by atoms with van der Waals surface area (Å²) in [6, 6.07) is 27.5. The predicted molar refractivity (Wildman–Crippen MR) is 150 cm³/mol. The third-order valence-electron chi connectivity index (χ3n) is 6.45. The monoisotopic (exact) mass is 528 g/mol. The van der Waals surface area contributed by atoms with Crippen LogP contribution in [0, 0.1) is 11.3 Å². The Hall–Kier alpha value is -5.95. The molecule has 0 saturated carbocycles. The summed E-state index contributed by atoms with van der Waals surface area (Å²) in [5.74, 6) is -1.35. The van der Waals surface area contributed by atoms with Crippen LogP contribution >= 0.6 is 0 Å². The van der Waals surface area contributed by atoms with Gasteiger partial charge in [-0.25, -0.2) is 4.79 Å². The van der Waals surface area contributed by atoms with Crippen LogP contribution in [0.1, 0.15) is 21.6 Å². The molecule has 0 fully saturated rings. The Bertz CT molecular complexity index is 2030. The van der Waals surface area contributed by atoms with Gasteiger partial charge in [0.25, 0.3) is 5.91 Å². The molecule has 6 aromatic rings. The molecule has 0 spiro atoms. The summed E-state index contributed by atoms with van der Waals surface area (Å²) in [4.78, 5) is 43.1. The van der Waals surface area contributed by atoms with E-state index in [4.69, 9.17) is 0 Å². The summed E-state index contributed by atoms with van der Waals surface area (Å²) < 4.78 is 4.58. The summed E-state index contributed by atoms with van der Waals surface area (Å²) in [5, 5.41) is 21.6. The van der Waals surface area contributed by atoms with E-state index in [0.29, 0.717) is 28.0 Å². The topological polar surface area (TPSA) is 157 Å². The Kier molecular flexibility index (Phi) is 6.14. The van der Waals surface area contributed by atoms with E-state index in [9.17, 15) is 19.6 Å². The number of nitrogens with zero attached hydrogens (tertiary/aromatic N) is 2. The molecule has 4 N–H and O–H groups in total. The number of hydrogen-bond donors (Lipinski definition) is 4. The molecule has 6 rings (SSSR count). The van der Waals surface area contributed by atoms with Crippen LogP contribution in [-0.4, -0.2) is 26.9 Å². The van der Waals surface area contributed by atoms with Crippen molar-refractivity contribution in [1.29, 1.82) is 5.26 Å². The number of amides is 2. The van der Waals surface area contributed by atoms with Gasteiger partial charge in [0, 0.05) is 10.9 Å². The van der Waals surface area contributed by atoms with Gasteiger partial charge in [0.05, 0.1) is 34.9 Å². The average Bonchev–Trinajstić information content (AvgIpc) is 3.60. The van der Waals surface area contributed by atoms with Gasteiger partial charge < -0.3 is 15.6 Å². The molecular weight excluding hydrogens is 508 g/mol. The highest BCUT2D eigenvalue weighted by Crippen LogP contribution is 2.28. The zero-order chi connectivity index (χ0) is 27.6. The molecule has 0 saturated heterocycles. The number of para-hydroxylation sites is 1. The van der Waals surface area contributed by atoms with E-state index in [2.05, 4.69) is 30.3 Å². The molecule has 0 aliphatic heterocycles. The molecule has 194 valence electrons. The van der Waals surface area contributed by atoms with Crippen molar-refractivity contribution >= 4 is 44.9 Å². The first kappa shape index (κ1) is 24.4. The molecular formula is C30H20N6O4. The Morgan fingerprint density at radius 3 is 2.48 bits per heavy atom. The Morgan fingerprint density at radius 1 is 0.850 bits per heavy atom. The van der Waals surface area contributed by atoms with Crippen molar-refractivity contribution in [2.75, 3.05) is 10.6 Å². The molecule has 0 unspecified atom stereocenters. The first-order chi connectivity index (χ1) is 19.5. The number of aromatic amines is 2. The van der Waals surface area contributed by atoms with Crippen molar-refractivity contribution in [3.8, 4) is 17.5 Å². The van der Waals surface area contributed by atoms with Crippen LogP contribution in [0.3, 0.4) is 0 Å². The van der Waals surface area contributed by atoms with Gasteiger partial charge in [-0.2, -0.15) is 5.26 Å². The molecule has 2 heterocycles. The third-order valence-corrected chi connectivity index (χ3v) is 6.45. The van der Waals surface area contributed by atoms with E-state index in [1.54, 1.807) is 24.3 Å². The van der Waals surface area contributed by atoms with Gasteiger partial charge in [0.15, 0.2) is 5.82 Å². The first-order valence-corrected chi connectivity index (χ1v) is 12.3. The summed E-state index contributed by atoms with van der Waals surface area (Å²) in [6.45, 7) is 0. The van der Waals surface area contributed by atoms with E-state index in [0.717, 1.165) is 21.7 Å². The second kappa shape index (κ2) is 10.1. The lowest BCUT2D eigenvalue weighted by Gasteiger charge is -2.09. The van der Waals surface area contributed by atoms with Crippen LogP contribution < -0.4 is 16.4 Å². The Morgan fingerprint density at radius 2 is 1.68 bits per heavy atom. The second-order valence-corrected chi connectivity index (χ2v) is 9.13. The predicted octanol–water partition coefficient (Wildman–Crippen LogP) is 4.97. The molecule has 0 aliphatic rings. The number of anilines is 2. The second-order valence-electron chi connectivity index (χ2n) is 9.13. The van der Waals surface area contributed by atoms with Gasteiger partial charge in [0.2, 0.25) is 5.91 Å². The maximum absolute atomic E-state index is 13.2. The normalized spacial score (nSPS) is 10.9. The zero-order valence-electron chi connectivity index (χ0n) is 20.8. The summed E-state index contributed by atoms with van der Waals surface area (Å²) in [6.07, 6.45) is 0.195. The lowest BCUT2D eigenvalue weighted by molar-refractivity contribution is -0.115. The number of H-pyrrole nitrogens is 2. The van der Waals surface area contributed by atoms with Crippen LogP contribution in [0.15, 0.2) is 94.2 Å². The molecule has 2 amide bonds. The summed E-state index contributed by atoms with van der Waals surface area (Å²) >= 11 is 0. The molecule has 2 aromatic heterocycles. The number of nitriles is 1. The Balaban J connectivity index is 1.23. The SMILES string of the molecule is N#Cc1ccc(NC(=O)c2cc3cccc(NC(=O)Cc4ccc5ccccc5c4)c3[nH]2)c(-c2noc(=O)[nH]2)c1. The Labute approximate surface area is 226 Å². The summed E-state index contributed by atoms with van der Waals surface area (Å²) in [5.41, 5.74) is 3.22. The number of fused-ring (bicyclic) bond motifs is 2. The highest BCUT2D eigenvalue weighted by Gasteiger charge is 2.17. The standard InChI is InChI=1S/C30H20N6O4/c31-16-18-9-11-23(22(13-18)28-35-30(39)40-36-28)34-29(38)25-15-21-6-3-7-24(27(21)33-25)32-26(37)14-17-8-10-19-4-1-2-5-20(19)12-17/h1-13,15,33H,14H2,(H,32,37)(H,34,38)(H,35,36,39). The minimum atomic E-state index is -0.763. The van der Waals surface area contributed by atoms with Crippen LogP contribution in [0.2, 0.25) is 0 Å². The van der Waals surface area contributed by atoms with Crippen molar-refractivity contribution in [3.63, 3.8) is 0 Å².